The molecule has 1 aliphatic rings. The Bertz CT molecular complexity index is 299. The zero-order valence-electron chi connectivity index (χ0n) is 14.0. The van der Waals surface area contributed by atoms with E-state index < -0.39 is 0 Å². The van der Waals surface area contributed by atoms with Crippen molar-refractivity contribution >= 4 is 0 Å². The Morgan fingerprint density at radius 3 is 2.37 bits per heavy atom. The maximum Gasteiger partial charge on any atom is 0.0662 e. The van der Waals surface area contributed by atoms with Crippen LogP contribution in [0.15, 0.2) is 0 Å². The van der Waals surface area contributed by atoms with Gasteiger partial charge in [0.1, 0.15) is 0 Å². The average Bonchev–Trinajstić information content (AvgIpc) is 2.28. The first-order chi connectivity index (χ1) is 8.57. The van der Waals surface area contributed by atoms with Crippen LogP contribution in [0.4, 0.5) is 0 Å². The number of rotatable bonds is 7. The zero-order valence-corrected chi connectivity index (χ0v) is 14.0. The SMILES string of the molecule is CCOC1CC(N)(CNCC(C)(C)C(C)C)C1(C)C. The van der Waals surface area contributed by atoms with E-state index in [4.69, 9.17) is 10.5 Å². The Labute approximate surface area is 119 Å². The zero-order chi connectivity index (χ0) is 14.9. The number of ether oxygens (including phenoxy) is 1. The predicted octanol–water partition coefficient (Wildman–Crippen LogP) is 2.79. The Morgan fingerprint density at radius 1 is 1.37 bits per heavy atom. The van der Waals surface area contributed by atoms with Crippen LogP contribution in [0, 0.1) is 16.7 Å². The maximum atomic E-state index is 6.56. The van der Waals surface area contributed by atoms with Crippen molar-refractivity contribution in [3.63, 3.8) is 0 Å². The fraction of sp³-hybridized carbons (Fsp3) is 1.00. The van der Waals surface area contributed by atoms with Crippen molar-refractivity contribution in [3.8, 4) is 0 Å². The van der Waals surface area contributed by atoms with Crippen LogP contribution in [0.25, 0.3) is 0 Å². The number of nitrogens with one attached hydrogen (secondary N) is 1. The largest absolute Gasteiger partial charge is 0.378 e. The van der Waals surface area contributed by atoms with Gasteiger partial charge in [0, 0.05) is 30.7 Å². The molecular weight excluding hydrogens is 236 g/mol. The average molecular weight is 270 g/mol. The summed E-state index contributed by atoms with van der Waals surface area (Å²) in [6.45, 7) is 18.3. The monoisotopic (exact) mass is 270 g/mol. The van der Waals surface area contributed by atoms with E-state index in [0.717, 1.165) is 26.1 Å². The van der Waals surface area contributed by atoms with Crippen LogP contribution in [-0.2, 0) is 4.74 Å². The van der Waals surface area contributed by atoms with Crippen LogP contribution in [-0.4, -0.2) is 31.3 Å². The van der Waals surface area contributed by atoms with Gasteiger partial charge in [-0.3, -0.25) is 0 Å². The molecule has 0 aromatic heterocycles. The van der Waals surface area contributed by atoms with Crippen molar-refractivity contribution in [2.75, 3.05) is 19.7 Å². The first kappa shape index (κ1) is 16.9. The third-order valence-corrected chi connectivity index (χ3v) is 5.59. The van der Waals surface area contributed by atoms with E-state index in [9.17, 15) is 0 Å². The normalized spacial score (nSPS) is 30.5. The van der Waals surface area contributed by atoms with Crippen LogP contribution in [0.5, 0.6) is 0 Å². The molecule has 1 aliphatic carbocycles. The molecule has 1 rings (SSSR count). The standard InChI is InChI=1S/C16H34N2O/c1-8-19-13-9-16(17,15(13,6)7)11-18-10-14(4,5)12(2)3/h12-13,18H,8-11,17H2,1-7H3. The molecule has 19 heavy (non-hydrogen) atoms. The van der Waals surface area contributed by atoms with Gasteiger partial charge in [-0.25, -0.2) is 0 Å². The summed E-state index contributed by atoms with van der Waals surface area (Å²) >= 11 is 0. The van der Waals surface area contributed by atoms with Crippen LogP contribution >= 0.6 is 0 Å². The first-order valence-electron chi connectivity index (χ1n) is 7.68. The molecule has 0 aliphatic heterocycles. The molecule has 0 saturated heterocycles. The summed E-state index contributed by atoms with van der Waals surface area (Å²) in [7, 11) is 0. The summed E-state index contributed by atoms with van der Waals surface area (Å²) < 4.78 is 5.77. The van der Waals surface area contributed by atoms with Gasteiger partial charge in [-0.05, 0) is 24.7 Å². The molecule has 3 nitrogen and oxygen atoms in total. The van der Waals surface area contributed by atoms with Gasteiger partial charge >= 0.3 is 0 Å². The molecule has 0 radical (unpaired) electrons. The molecule has 0 aromatic carbocycles. The molecule has 3 N–H and O–H groups in total. The van der Waals surface area contributed by atoms with Gasteiger partial charge in [-0.15, -0.1) is 0 Å². The lowest BCUT2D eigenvalue weighted by Gasteiger charge is -2.59. The smallest absolute Gasteiger partial charge is 0.0662 e. The Hall–Kier alpha value is -0.120. The molecule has 2 unspecified atom stereocenters. The molecule has 1 fully saturated rings. The fourth-order valence-electron chi connectivity index (χ4n) is 2.62. The molecule has 0 aromatic rings. The second-order valence-corrected chi connectivity index (χ2v) is 7.77. The second kappa shape index (κ2) is 5.71. The summed E-state index contributed by atoms with van der Waals surface area (Å²) in [6, 6.07) is 0. The van der Waals surface area contributed by atoms with Crippen molar-refractivity contribution < 1.29 is 4.74 Å². The van der Waals surface area contributed by atoms with E-state index in [1.165, 1.54) is 0 Å². The summed E-state index contributed by atoms with van der Waals surface area (Å²) in [4.78, 5) is 0. The van der Waals surface area contributed by atoms with Gasteiger partial charge in [0.15, 0.2) is 0 Å². The van der Waals surface area contributed by atoms with Gasteiger partial charge in [0.2, 0.25) is 0 Å². The highest BCUT2D eigenvalue weighted by atomic mass is 16.5. The van der Waals surface area contributed by atoms with E-state index in [2.05, 4.69) is 53.8 Å². The molecule has 1 saturated carbocycles. The highest BCUT2D eigenvalue weighted by Crippen LogP contribution is 2.49. The summed E-state index contributed by atoms with van der Waals surface area (Å²) in [5.74, 6) is 0.666. The number of hydrogen-bond acceptors (Lipinski definition) is 3. The molecule has 114 valence electrons. The minimum absolute atomic E-state index is 0.0536. The lowest BCUT2D eigenvalue weighted by Crippen LogP contribution is -2.73. The minimum Gasteiger partial charge on any atom is -0.378 e. The topological polar surface area (TPSA) is 47.3 Å². The molecule has 0 bridgehead atoms. The predicted molar refractivity (Wildman–Crippen MR) is 82.2 cm³/mol. The summed E-state index contributed by atoms with van der Waals surface area (Å²) in [5, 5.41) is 3.59. The molecule has 2 atom stereocenters. The van der Waals surface area contributed by atoms with Crippen LogP contribution in [0.1, 0.15) is 54.9 Å². The van der Waals surface area contributed by atoms with Crippen molar-refractivity contribution in [1.29, 1.82) is 0 Å². The Kier molecular flexibility index (Phi) is 5.09. The Morgan fingerprint density at radius 2 is 1.95 bits per heavy atom. The lowest BCUT2D eigenvalue weighted by molar-refractivity contribution is -0.148. The number of hydrogen-bond donors (Lipinski definition) is 2. The van der Waals surface area contributed by atoms with Gasteiger partial charge < -0.3 is 15.8 Å². The van der Waals surface area contributed by atoms with Crippen LogP contribution < -0.4 is 11.1 Å². The minimum atomic E-state index is -0.139. The highest BCUT2D eigenvalue weighted by Gasteiger charge is 2.58. The molecule has 0 heterocycles. The van der Waals surface area contributed by atoms with Crippen LogP contribution in [0.2, 0.25) is 0 Å². The van der Waals surface area contributed by atoms with Crippen molar-refractivity contribution in [2.45, 2.75) is 66.5 Å². The number of nitrogens with two attached hydrogens (primary N) is 1. The maximum absolute atomic E-state index is 6.56. The van der Waals surface area contributed by atoms with Gasteiger partial charge in [0.25, 0.3) is 0 Å². The molecule has 0 amide bonds. The van der Waals surface area contributed by atoms with Crippen molar-refractivity contribution in [3.05, 3.63) is 0 Å². The summed E-state index contributed by atoms with van der Waals surface area (Å²) in [5.41, 5.74) is 6.79. The quantitative estimate of drug-likeness (QED) is 0.748. The van der Waals surface area contributed by atoms with Gasteiger partial charge in [-0.2, -0.15) is 0 Å². The Balaban J connectivity index is 2.46. The van der Waals surface area contributed by atoms with E-state index in [1.54, 1.807) is 0 Å². The van der Waals surface area contributed by atoms with Crippen LogP contribution in [0.3, 0.4) is 0 Å². The molecule has 3 heteroatoms. The van der Waals surface area contributed by atoms with E-state index >= 15 is 0 Å². The van der Waals surface area contributed by atoms with E-state index in [1.807, 2.05) is 0 Å². The third kappa shape index (κ3) is 3.32. The second-order valence-electron chi connectivity index (χ2n) is 7.77. The van der Waals surface area contributed by atoms with Gasteiger partial charge in [-0.1, -0.05) is 41.5 Å². The highest BCUT2D eigenvalue weighted by molar-refractivity contribution is 5.14. The van der Waals surface area contributed by atoms with Crippen molar-refractivity contribution in [1.82, 2.24) is 5.32 Å². The fourth-order valence-corrected chi connectivity index (χ4v) is 2.62. The third-order valence-electron chi connectivity index (χ3n) is 5.59. The van der Waals surface area contributed by atoms with E-state index in [0.29, 0.717) is 17.4 Å². The summed E-state index contributed by atoms with van der Waals surface area (Å²) in [6.07, 6.45) is 1.27. The van der Waals surface area contributed by atoms with E-state index in [-0.39, 0.29) is 11.0 Å². The van der Waals surface area contributed by atoms with Gasteiger partial charge in [0.05, 0.1) is 6.10 Å². The molecule has 0 spiro atoms. The first-order valence-corrected chi connectivity index (χ1v) is 7.68. The lowest BCUT2D eigenvalue weighted by atomic mass is 9.54. The van der Waals surface area contributed by atoms with Crippen molar-refractivity contribution in [2.24, 2.45) is 22.5 Å². The molecular formula is C16H34N2O.